The fraction of sp³-hybridized carbons (Fsp3) is 0.529. The molecule has 2 heterocycles. The summed E-state index contributed by atoms with van der Waals surface area (Å²) in [6.07, 6.45) is 8.05. The highest BCUT2D eigenvalue weighted by molar-refractivity contribution is 5.32. The molecule has 4 nitrogen and oxygen atoms in total. The third kappa shape index (κ3) is 4.14. The molecule has 0 atom stereocenters. The van der Waals surface area contributed by atoms with Crippen LogP contribution in [0.3, 0.4) is 0 Å². The quantitative estimate of drug-likeness (QED) is 0.757. The van der Waals surface area contributed by atoms with Crippen LogP contribution in [-0.2, 0) is 19.4 Å². The zero-order valence-corrected chi connectivity index (χ0v) is 13.4. The molecule has 2 aromatic rings. The molecule has 0 aliphatic heterocycles. The zero-order chi connectivity index (χ0) is 15.1. The van der Waals surface area contributed by atoms with Crippen molar-refractivity contribution in [3.63, 3.8) is 0 Å². The molecule has 0 saturated heterocycles. The number of hydrogen-bond acceptors (Lipinski definition) is 3. The standard InChI is InChI=1S/C17H26N4/c1-4-7-16-19-9-10-21(16)17-12-14(13-18-8-5-2)11-15(6-3)20-17/h9-12,18H,4-8,13H2,1-3H3. The smallest absolute Gasteiger partial charge is 0.138 e. The maximum atomic E-state index is 4.76. The zero-order valence-electron chi connectivity index (χ0n) is 13.4. The monoisotopic (exact) mass is 286 g/mol. The fourth-order valence-electron chi connectivity index (χ4n) is 2.40. The lowest BCUT2D eigenvalue weighted by atomic mass is 10.2. The molecule has 114 valence electrons. The Bertz CT molecular complexity index is 560. The van der Waals surface area contributed by atoms with Gasteiger partial charge in [-0.1, -0.05) is 20.8 Å². The topological polar surface area (TPSA) is 42.7 Å². The SMILES string of the molecule is CCCNCc1cc(CC)nc(-n2ccnc2CCC)c1. The van der Waals surface area contributed by atoms with Gasteiger partial charge in [-0.05, 0) is 43.5 Å². The maximum absolute atomic E-state index is 4.76. The van der Waals surface area contributed by atoms with Crippen LogP contribution in [-0.4, -0.2) is 21.1 Å². The van der Waals surface area contributed by atoms with E-state index in [2.05, 4.69) is 47.8 Å². The number of rotatable bonds is 8. The molecule has 0 bridgehead atoms. The first-order chi connectivity index (χ1) is 10.3. The average molecular weight is 286 g/mol. The van der Waals surface area contributed by atoms with Crippen molar-refractivity contribution in [2.75, 3.05) is 6.54 Å². The number of nitrogens with zero attached hydrogens (tertiary/aromatic N) is 3. The first-order valence-electron chi connectivity index (χ1n) is 8.01. The normalized spacial score (nSPS) is 11.0. The maximum Gasteiger partial charge on any atom is 0.138 e. The van der Waals surface area contributed by atoms with Crippen molar-refractivity contribution < 1.29 is 0 Å². The minimum absolute atomic E-state index is 0.897. The Balaban J connectivity index is 2.29. The summed E-state index contributed by atoms with van der Waals surface area (Å²) in [6, 6.07) is 4.37. The second kappa shape index (κ2) is 7.93. The lowest BCUT2D eigenvalue weighted by Crippen LogP contribution is -2.15. The van der Waals surface area contributed by atoms with Gasteiger partial charge >= 0.3 is 0 Å². The van der Waals surface area contributed by atoms with Gasteiger partial charge in [-0.25, -0.2) is 9.97 Å². The number of aromatic nitrogens is 3. The molecule has 0 unspecified atom stereocenters. The number of pyridine rings is 1. The van der Waals surface area contributed by atoms with Gasteiger partial charge in [-0.3, -0.25) is 4.57 Å². The first kappa shape index (κ1) is 15.7. The lowest BCUT2D eigenvalue weighted by molar-refractivity contribution is 0.673. The van der Waals surface area contributed by atoms with Crippen molar-refractivity contribution in [2.24, 2.45) is 0 Å². The average Bonchev–Trinajstić information content (AvgIpc) is 2.96. The van der Waals surface area contributed by atoms with Crippen LogP contribution >= 0.6 is 0 Å². The third-order valence-corrected chi connectivity index (χ3v) is 3.48. The Morgan fingerprint density at radius 3 is 2.71 bits per heavy atom. The van der Waals surface area contributed by atoms with Gasteiger partial charge in [0.25, 0.3) is 0 Å². The summed E-state index contributed by atoms with van der Waals surface area (Å²) >= 11 is 0. The molecule has 0 aromatic carbocycles. The first-order valence-corrected chi connectivity index (χ1v) is 8.01. The van der Waals surface area contributed by atoms with Crippen molar-refractivity contribution in [3.8, 4) is 5.82 Å². The van der Waals surface area contributed by atoms with Gasteiger partial charge in [-0.15, -0.1) is 0 Å². The number of hydrogen-bond donors (Lipinski definition) is 1. The van der Waals surface area contributed by atoms with Gasteiger partial charge in [0.1, 0.15) is 11.6 Å². The second-order valence-corrected chi connectivity index (χ2v) is 5.32. The van der Waals surface area contributed by atoms with Gasteiger partial charge in [0.15, 0.2) is 0 Å². The van der Waals surface area contributed by atoms with Crippen LogP contribution in [0.4, 0.5) is 0 Å². The summed E-state index contributed by atoms with van der Waals surface area (Å²) in [5, 5.41) is 3.46. The summed E-state index contributed by atoms with van der Waals surface area (Å²) in [5.41, 5.74) is 2.43. The van der Waals surface area contributed by atoms with Gasteiger partial charge in [0.05, 0.1) is 0 Å². The molecule has 0 fully saturated rings. The minimum atomic E-state index is 0.897. The van der Waals surface area contributed by atoms with Gasteiger partial charge in [0.2, 0.25) is 0 Å². The molecule has 0 aliphatic carbocycles. The molecule has 2 aromatic heterocycles. The molecular weight excluding hydrogens is 260 g/mol. The highest BCUT2D eigenvalue weighted by Gasteiger charge is 2.08. The molecule has 0 aliphatic rings. The highest BCUT2D eigenvalue weighted by atomic mass is 15.1. The van der Waals surface area contributed by atoms with E-state index in [1.807, 2.05) is 12.4 Å². The molecule has 4 heteroatoms. The van der Waals surface area contributed by atoms with Crippen LogP contribution in [0.2, 0.25) is 0 Å². The van der Waals surface area contributed by atoms with Crippen molar-refractivity contribution in [1.29, 1.82) is 0 Å². The van der Waals surface area contributed by atoms with E-state index in [9.17, 15) is 0 Å². The largest absolute Gasteiger partial charge is 0.313 e. The van der Waals surface area contributed by atoms with Crippen LogP contribution in [0.5, 0.6) is 0 Å². The van der Waals surface area contributed by atoms with E-state index in [0.717, 1.165) is 56.1 Å². The number of imidazole rings is 1. The lowest BCUT2D eigenvalue weighted by Gasteiger charge is -2.11. The van der Waals surface area contributed by atoms with E-state index < -0.39 is 0 Å². The van der Waals surface area contributed by atoms with Crippen LogP contribution in [0, 0.1) is 0 Å². The van der Waals surface area contributed by atoms with Crippen molar-refractivity contribution in [3.05, 3.63) is 41.6 Å². The van der Waals surface area contributed by atoms with E-state index in [0.29, 0.717) is 0 Å². The Morgan fingerprint density at radius 2 is 2.00 bits per heavy atom. The van der Waals surface area contributed by atoms with Gasteiger partial charge < -0.3 is 5.32 Å². The summed E-state index contributed by atoms with van der Waals surface area (Å²) in [5.74, 6) is 2.08. The Labute approximate surface area is 127 Å². The molecular formula is C17H26N4. The Hall–Kier alpha value is -1.68. The van der Waals surface area contributed by atoms with Crippen LogP contribution in [0.15, 0.2) is 24.5 Å². The van der Waals surface area contributed by atoms with Crippen molar-refractivity contribution in [1.82, 2.24) is 19.9 Å². The van der Waals surface area contributed by atoms with E-state index in [1.165, 1.54) is 5.56 Å². The van der Waals surface area contributed by atoms with Crippen molar-refractivity contribution >= 4 is 0 Å². The summed E-state index contributed by atoms with van der Waals surface area (Å²) in [7, 11) is 0. The second-order valence-electron chi connectivity index (χ2n) is 5.32. The Kier molecular flexibility index (Phi) is 5.93. The van der Waals surface area contributed by atoms with Crippen LogP contribution < -0.4 is 5.32 Å². The van der Waals surface area contributed by atoms with Crippen LogP contribution in [0.1, 0.15) is 50.7 Å². The summed E-state index contributed by atoms with van der Waals surface area (Å²) < 4.78 is 2.12. The van der Waals surface area contributed by atoms with Crippen LogP contribution in [0.25, 0.3) is 5.82 Å². The van der Waals surface area contributed by atoms with E-state index >= 15 is 0 Å². The van der Waals surface area contributed by atoms with Gasteiger partial charge in [-0.2, -0.15) is 0 Å². The Morgan fingerprint density at radius 1 is 1.14 bits per heavy atom. The number of nitrogens with one attached hydrogen (secondary N) is 1. The van der Waals surface area contributed by atoms with Gasteiger partial charge in [0, 0.05) is 31.1 Å². The third-order valence-electron chi connectivity index (χ3n) is 3.48. The summed E-state index contributed by atoms with van der Waals surface area (Å²) in [6.45, 7) is 8.45. The van der Waals surface area contributed by atoms with E-state index in [-0.39, 0.29) is 0 Å². The molecule has 0 amide bonds. The molecule has 0 radical (unpaired) electrons. The van der Waals surface area contributed by atoms with E-state index in [4.69, 9.17) is 4.98 Å². The minimum Gasteiger partial charge on any atom is -0.313 e. The molecule has 21 heavy (non-hydrogen) atoms. The number of aryl methyl sites for hydroxylation is 2. The van der Waals surface area contributed by atoms with E-state index in [1.54, 1.807) is 0 Å². The predicted octanol–water partition coefficient (Wildman–Crippen LogP) is 3.28. The highest BCUT2D eigenvalue weighted by Crippen LogP contribution is 2.14. The van der Waals surface area contributed by atoms with Crippen molar-refractivity contribution in [2.45, 2.75) is 53.0 Å². The molecule has 2 rings (SSSR count). The molecule has 0 saturated carbocycles. The summed E-state index contributed by atoms with van der Waals surface area (Å²) in [4.78, 5) is 9.21. The molecule has 1 N–H and O–H groups in total. The predicted molar refractivity (Wildman–Crippen MR) is 86.7 cm³/mol. The molecule has 0 spiro atoms. The fourth-order valence-corrected chi connectivity index (χ4v) is 2.40.